The summed E-state index contributed by atoms with van der Waals surface area (Å²) in [6.45, 7) is 5.14. The molecule has 17 heavy (non-hydrogen) atoms. The molecule has 0 saturated carbocycles. The molecular formula is C14H20OS2. The molecule has 1 aliphatic rings. The van der Waals surface area contributed by atoms with Gasteiger partial charge in [0.1, 0.15) is 0 Å². The molecule has 1 aromatic carbocycles. The predicted molar refractivity (Wildman–Crippen MR) is 78.6 cm³/mol. The Hall–Kier alpha value is -0.120. The summed E-state index contributed by atoms with van der Waals surface area (Å²) in [4.78, 5) is 0. The standard InChI is InChI=1S/C14H20OS2/c1-14(2,13-16-9-6-10-17-13)15-11-12-7-4-3-5-8-12/h3-5,7-8,13H,6,9-11H2,1-2H3. The maximum atomic E-state index is 6.11. The lowest BCUT2D eigenvalue weighted by Gasteiger charge is -2.35. The molecule has 2 rings (SSSR count). The summed E-state index contributed by atoms with van der Waals surface area (Å²) >= 11 is 4.09. The molecule has 0 amide bonds. The summed E-state index contributed by atoms with van der Waals surface area (Å²) in [5.41, 5.74) is 1.21. The van der Waals surface area contributed by atoms with Crippen molar-refractivity contribution in [2.45, 2.75) is 37.1 Å². The highest BCUT2D eigenvalue weighted by Crippen LogP contribution is 2.39. The van der Waals surface area contributed by atoms with Crippen molar-refractivity contribution >= 4 is 23.5 Å². The zero-order chi connectivity index (χ0) is 12.1. The summed E-state index contributed by atoms with van der Waals surface area (Å²) in [6, 6.07) is 10.4. The van der Waals surface area contributed by atoms with Crippen LogP contribution in [0.25, 0.3) is 0 Å². The van der Waals surface area contributed by atoms with Crippen molar-refractivity contribution in [3.63, 3.8) is 0 Å². The summed E-state index contributed by atoms with van der Waals surface area (Å²) < 4.78 is 6.68. The molecule has 1 nitrogen and oxygen atoms in total. The molecule has 1 saturated heterocycles. The van der Waals surface area contributed by atoms with Crippen LogP contribution in [0.15, 0.2) is 30.3 Å². The van der Waals surface area contributed by atoms with E-state index < -0.39 is 0 Å². The summed E-state index contributed by atoms with van der Waals surface area (Å²) in [6.07, 6.45) is 1.33. The number of thioether (sulfide) groups is 2. The van der Waals surface area contributed by atoms with Gasteiger partial charge in [0.15, 0.2) is 0 Å². The minimum Gasteiger partial charge on any atom is -0.369 e. The van der Waals surface area contributed by atoms with Crippen LogP contribution in [0.3, 0.4) is 0 Å². The molecule has 0 N–H and O–H groups in total. The molecule has 0 bridgehead atoms. The quantitative estimate of drug-likeness (QED) is 0.811. The number of hydrogen-bond acceptors (Lipinski definition) is 3. The van der Waals surface area contributed by atoms with Gasteiger partial charge in [0.2, 0.25) is 0 Å². The number of hydrogen-bond donors (Lipinski definition) is 0. The molecule has 0 aliphatic carbocycles. The van der Waals surface area contributed by atoms with Gasteiger partial charge >= 0.3 is 0 Å². The Labute approximate surface area is 113 Å². The first kappa shape index (κ1) is 13.3. The van der Waals surface area contributed by atoms with E-state index in [1.165, 1.54) is 23.5 Å². The van der Waals surface area contributed by atoms with E-state index >= 15 is 0 Å². The Kier molecular flexibility index (Phi) is 4.83. The second kappa shape index (κ2) is 6.17. The first-order chi connectivity index (χ1) is 8.18. The lowest BCUT2D eigenvalue weighted by atomic mass is 10.1. The molecule has 0 atom stereocenters. The molecule has 1 fully saturated rings. The number of ether oxygens (including phenoxy) is 1. The van der Waals surface area contributed by atoms with Crippen molar-refractivity contribution in [2.24, 2.45) is 0 Å². The predicted octanol–water partition coefficient (Wildman–Crippen LogP) is 4.18. The van der Waals surface area contributed by atoms with Gasteiger partial charge in [0, 0.05) is 0 Å². The fraction of sp³-hybridized carbons (Fsp3) is 0.571. The minimum absolute atomic E-state index is 0.0500. The van der Waals surface area contributed by atoms with Crippen LogP contribution in [-0.2, 0) is 11.3 Å². The van der Waals surface area contributed by atoms with Gasteiger partial charge < -0.3 is 4.74 Å². The van der Waals surface area contributed by atoms with Crippen LogP contribution in [-0.4, -0.2) is 21.7 Å². The maximum absolute atomic E-state index is 6.11. The highest BCUT2D eigenvalue weighted by molar-refractivity contribution is 8.17. The van der Waals surface area contributed by atoms with E-state index in [-0.39, 0.29) is 5.60 Å². The van der Waals surface area contributed by atoms with Crippen molar-refractivity contribution < 1.29 is 4.74 Å². The number of benzene rings is 1. The Bertz CT molecular complexity index is 331. The van der Waals surface area contributed by atoms with E-state index in [1.807, 2.05) is 29.6 Å². The Morgan fingerprint density at radius 3 is 2.47 bits per heavy atom. The topological polar surface area (TPSA) is 9.23 Å². The van der Waals surface area contributed by atoms with Crippen molar-refractivity contribution in [3.05, 3.63) is 35.9 Å². The van der Waals surface area contributed by atoms with Gasteiger partial charge in [-0.15, -0.1) is 23.5 Å². The summed E-state index contributed by atoms with van der Waals surface area (Å²) in [5, 5.41) is 0. The zero-order valence-electron chi connectivity index (χ0n) is 10.5. The third-order valence-corrected chi connectivity index (χ3v) is 6.45. The van der Waals surface area contributed by atoms with Crippen molar-refractivity contribution in [3.8, 4) is 0 Å². The van der Waals surface area contributed by atoms with Crippen LogP contribution in [0.5, 0.6) is 0 Å². The largest absolute Gasteiger partial charge is 0.369 e. The summed E-state index contributed by atoms with van der Waals surface area (Å²) in [7, 11) is 0. The van der Waals surface area contributed by atoms with Crippen LogP contribution >= 0.6 is 23.5 Å². The molecule has 94 valence electrons. The monoisotopic (exact) mass is 268 g/mol. The van der Waals surface area contributed by atoms with Gasteiger partial charge in [0.25, 0.3) is 0 Å². The van der Waals surface area contributed by atoms with E-state index in [4.69, 9.17) is 4.74 Å². The smallest absolute Gasteiger partial charge is 0.0840 e. The van der Waals surface area contributed by atoms with Crippen molar-refractivity contribution in [1.29, 1.82) is 0 Å². The van der Waals surface area contributed by atoms with E-state index in [1.54, 1.807) is 0 Å². The lowest BCUT2D eigenvalue weighted by molar-refractivity contribution is -0.0169. The molecule has 0 aromatic heterocycles. The third kappa shape index (κ3) is 3.94. The average molecular weight is 268 g/mol. The van der Waals surface area contributed by atoms with Crippen molar-refractivity contribution in [1.82, 2.24) is 0 Å². The fourth-order valence-corrected chi connectivity index (χ4v) is 4.93. The molecular weight excluding hydrogens is 248 g/mol. The van der Waals surface area contributed by atoms with Crippen LogP contribution in [0, 0.1) is 0 Å². The van der Waals surface area contributed by atoms with Gasteiger partial charge in [-0.05, 0) is 37.3 Å². The second-order valence-corrected chi connectivity index (χ2v) is 7.53. The van der Waals surface area contributed by atoms with Crippen LogP contribution < -0.4 is 0 Å². The lowest BCUT2D eigenvalue weighted by Crippen LogP contribution is -2.36. The zero-order valence-corrected chi connectivity index (χ0v) is 12.2. The molecule has 0 spiro atoms. The van der Waals surface area contributed by atoms with E-state index in [2.05, 4.69) is 38.1 Å². The van der Waals surface area contributed by atoms with Crippen LogP contribution in [0.2, 0.25) is 0 Å². The van der Waals surface area contributed by atoms with E-state index in [9.17, 15) is 0 Å². The van der Waals surface area contributed by atoms with Crippen LogP contribution in [0.1, 0.15) is 25.8 Å². The number of rotatable bonds is 4. The first-order valence-corrected chi connectivity index (χ1v) is 8.19. The second-order valence-electron chi connectivity index (χ2n) is 4.80. The SMILES string of the molecule is CC(C)(OCc1ccccc1)C1SCCCS1. The van der Waals surface area contributed by atoms with Gasteiger partial charge in [-0.2, -0.15) is 0 Å². The third-order valence-electron chi connectivity index (χ3n) is 2.85. The average Bonchev–Trinajstić information content (AvgIpc) is 2.39. The van der Waals surface area contributed by atoms with E-state index in [0.717, 1.165) is 0 Å². The Balaban J connectivity index is 1.88. The summed E-state index contributed by atoms with van der Waals surface area (Å²) in [5.74, 6) is 2.55. The van der Waals surface area contributed by atoms with Crippen molar-refractivity contribution in [2.75, 3.05) is 11.5 Å². The molecule has 1 heterocycles. The fourth-order valence-electron chi connectivity index (χ4n) is 1.80. The molecule has 1 aromatic rings. The Morgan fingerprint density at radius 2 is 1.82 bits per heavy atom. The van der Waals surface area contributed by atoms with Gasteiger partial charge in [-0.1, -0.05) is 30.3 Å². The van der Waals surface area contributed by atoms with Gasteiger partial charge in [-0.25, -0.2) is 0 Å². The normalized spacial score (nSPS) is 18.2. The molecule has 3 heteroatoms. The highest BCUT2D eigenvalue weighted by atomic mass is 32.2. The highest BCUT2D eigenvalue weighted by Gasteiger charge is 2.32. The maximum Gasteiger partial charge on any atom is 0.0840 e. The van der Waals surface area contributed by atoms with Gasteiger partial charge in [-0.3, -0.25) is 0 Å². The molecule has 1 aliphatic heterocycles. The molecule has 0 radical (unpaired) electrons. The Morgan fingerprint density at radius 1 is 1.18 bits per heavy atom. The van der Waals surface area contributed by atoms with Crippen LogP contribution in [0.4, 0.5) is 0 Å². The van der Waals surface area contributed by atoms with E-state index in [0.29, 0.717) is 11.2 Å². The minimum atomic E-state index is -0.0500. The molecule has 0 unspecified atom stereocenters. The van der Waals surface area contributed by atoms with Gasteiger partial charge in [0.05, 0.1) is 16.8 Å². The first-order valence-electron chi connectivity index (χ1n) is 6.09.